The van der Waals surface area contributed by atoms with E-state index >= 15 is 0 Å². The van der Waals surface area contributed by atoms with Gasteiger partial charge in [0.15, 0.2) is 0 Å². The lowest BCUT2D eigenvalue weighted by Gasteiger charge is -2.19. The van der Waals surface area contributed by atoms with Crippen molar-refractivity contribution in [2.45, 2.75) is 69.5 Å². The third-order valence-electron chi connectivity index (χ3n) is 4.39. The minimum absolute atomic E-state index is 0.0215. The van der Waals surface area contributed by atoms with Crippen LogP contribution in [0.3, 0.4) is 0 Å². The van der Waals surface area contributed by atoms with Crippen molar-refractivity contribution in [3.05, 3.63) is 11.6 Å². The molecule has 0 aromatic carbocycles. The van der Waals surface area contributed by atoms with Gasteiger partial charge in [-0.2, -0.15) is 0 Å². The molecule has 2 rings (SSSR count). The van der Waals surface area contributed by atoms with E-state index in [-0.39, 0.29) is 11.9 Å². The molecule has 19 heavy (non-hydrogen) atoms. The molecule has 0 bridgehead atoms. The average molecular weight is 265 g/mol. The Balaban J connectivity index is 1.74. The fourth-order valence-electron chi connectivity index (χ4n) is 3.15. The third-order valence-corrected chi connectivity index (χ3v) is 4.39. The van der Waals surface area contributed by atoms with Crippen LogP contribution in [-0.4, -0.2) is 31.1 Å². The number of nitrogens with one attached hydrogen (secondary N) is 2. The molecule has 2 aliphatic carbocycles. The van der Waals surface area contributed by atoms with Crippen molar-refractivity contribution in [1.82, 2.24) is 10.6 Å². The molecule has 1 fully saturated rings. The first-order chi connectivity index (χ1) is 9.19. The first kappa shape index (κ1) is 14.5. The normalized spacial score (nSPS) is 28.8. The van der Waals surface area contributed by atoms with Gasteiger partial charge >= 0.3 is 0 Å². The first-order valence-electron chi connectivity index (χ1n) is 7.60. The predicted molar refractivity (Wildman–Crippen MR) is 77.8 cm³/mol. The molecule has 0 radical (unpaired) electrons. The number of rotatable bonds is 5. The molecule has 0 spiro atoms. The van der Waals surface area contributed by atoms with E-state index in [9.17, 15) is 4.79 Å². The van der Waals surface area contributed by atoms with E-state index in [1.54, 1.807) is 0 Å². The summed E-state index contributed by atoms with van der Waals surface area (Å²) in [7, 11) is 1.98. The van der Waals surface area contributed by atoms with E-state index in [1.165, 1.54) is 18.4 Å². The van der Waals surface area contributed by atoms with E-state index in [0.717, 1.165) is 38.5 Å². The Labute approximate surface area is 116 Å². The molecule has 0 aromatic heterocycles. The molecule has 3 atom stereocenters. The minimum atomic E-state index is -0.377. The Hall–Kier alpha value is -0.870. The fourth-order valence-corrected chi connectivity index (χ4v) is 3.15. The van der Waals surface area contributed by atoms with Gasteiger partial charge in [0.05, 0.1) is 6.04 Å². The van der Waals surface area contributed by atoms with Crippen molar-refractivity contribution in [3.63, 3.8) is 0 Å². The average Bonchev–Trinajstić information content (AvgIpc) is 2.87. The van der Waals surface area contributed by atoms with Crippen molar-refractivity contribution < 1.29 is 4.79 Å². The summed E-state index contributed by atoms with van der Waals surface area (Å²) >= 11 is 0. The maximum Gasteiger partial charge on any atom is 0.237 e. The first-order valence-corrected chi connectivity index (χ1v) is 7.60. The van der Waals surface area contributed by atoms with Crippen LogP contribution in [0.1, 0.15) is 51.4 Å². The highest BCUT2D eigenvalue weighted by Gasteiger charge is 2.26. The van der Waals surface area contributed by atoms with Gasteiger partial charge in [0.2, 0.25) is 5.91 Å². The molecular weight excluding hydrogens is 238 g/mol. The third kappa shape index (κ3) is 4.32. The van der Waals surface area contributed by atoms with Crippen LogP contribution >= 0.6 is 0 Å². The van der Waals surface area contributed by atoms with Gasteiger partial charge in [-0.3, -0.25) is 4.79 Å². The van der Waals surface area contributed by atoms with Gasteiger partial charge in [-0.25, -0.2) is 0 Å². The summed E-state index contributed by atoms with van der Waals surface area (Å²) in [6.07, 6.45) is 11.0. The Bertz CT molecular complexity index is 340. The molecule has 0 saturated heterocycles. The summed E-state index contributed by atoms with van der Waals surface area (Å²) < 4.78 is 0. The highest BCUT2D eigenvalue weighted by atomic mass is 16.2. The summed E-state index contributed by atoms with van der Waals surface area (Å²) in [6.45, 7) is 0. The Morgan fingerprint density at radius 1 is 1.42 bits per heavy atom. The zero-order chi connectivity index (χ0) is 13.7. The van der Waals surface area contributed by atoms with Crippen LogP contribution < -0.4 is 16.4 Å². The Morgan fingerprint density at radius 2 is 2.21 bits per heavy atom. The molecule has 1 saturated carbocycles. The molecule has 2 aliphatic rings. The van der Waals surface area contributed by atoms with E-state index in [4.69, 9.17) is 5.73 Å². The second-order valence-corrected chi connectivity index (χ2v) is 5.92. The molecule has 4 N–H and O–H groups in total. The van der Waals surface area contributed by atoms with Crippen molar-refractivity contribution in [2.75, 3.05) is 7.05 Å². The van der Waals surface area contributed by atoms with Crippen LogP contribution in [-0.2, 0) is 4.79 Å². The highest BCUT2D eigenvalue weighted by Crippen LogP contribution is 2.22. The van der Waals surface area contributed by atoms with Crippen LogP contribution in [0.2, 0.25) is 0 Å². The van der Waals surface area contributed by atoms with Gasteiger partial charge in [0.25, 0.3) is 0 Å². The van der Waals surface area contributed by atoms with Crippen LogP contribution in [0.25, 0.3) is 0 Å². The number of carbonyl (C=O) groups excluding carboxylic acids is 1. The molecule has 0 aromatic rings. The van der Waals surface area contributed by atoms with E-state index in [2.05, 4.69) is 16.7 Å². The van der Waals surface area contributed by atoms with Gasteiger partial charge in [-0.05, 0) is 58.4 Å². The zero-order valence-corrected chi connectivity index (χ0v) is 12.0. The summed E-state index contributed by atoms with van der Waals surface area (Å²) in [5.41, 5.74) is 7.39. The molecular formula is C15H27N3O. The zero-order valence-electron chi connectivity index (χ0n) is 12.0. The number of hydrogen-bond donors (Lipinski definition) is 3. The fraction of sp³-hybridized carbons (Fsp3) is 0.800. The SMILES string of the molecule is CNC1CCC(NC(=O)C(N)CC2=CCCCC2)C1. The van der Waals surface area contributed by atoms with Crippen LogP contribution in [0, 0.1) is 0 Å². The number of hydrogen-bond acceptors (Lipinski definition) is 3. The summed E-state index contributed by atoms with van der Waals surface area (Å²) in [6, 6.07) is 0.469. The minimum Gasteiger partial charge on any atom is -0.352 e. The topological polar surface area (TPSA) is 67.1 Å². The van der Waals surface area contributed by atoms with Gasteiger partial charge in [0, 0.05) is 12.1 Å². The maximum atomic E-state index is 12.1. The van der Waals surface area contributed by atoms with Crippen molar-refractivity contribution in [2.24, 2.45) is 5.73 Å². The van der Waals surface area contributed by atoms with Crippen molar-refractivity contribution in [1.29, 1.82) is 0 Å². The molecule has 1 amide bonds. The molecule has 0 aliphatic heterocycles. The van der Waals surface area contributed by atoms with Gasteiger partial charge in [0.1, 0.15) is 0 Å². The van der Waals surface area contributed by atoms with E-state index in [1.807, 2.05) is 7.05 Å². The Kier molecular flexibility index (Phi) is 5.40. The molecule has 3 unspecified atom stereocenters. The second kappa shape index (κ2) is 7.06. The number of allylic oxidation sites excluding steroid dienone is 1. The highest BCUT2D eigenvalue weighted by molar-refractivity contribution is 5.82. The monoisotopic (exact) mass is 265 g/mol. The van der Waals surface area contributed by atoms with Crippen molar-refractivity contribution in [3.8, 4) is 0 Å². The van der Waals surface area contributed by atoms with E-state index < -0.39 is 0 Å². The number of amides is 1. The van der Waals surface area contributed by atoms with Crippen molar-refractivity contribution >= 4 is 5.91 Å². The predicted octanol–water partition coefficient (Wildman–Crippen LogP) is 1.46. The smallest absolute Gasteiger partial charge is 0.237 e. The Morgan fingerprint density at radius 3 is 2.84 bits per heavy atom. The van der Waals surface area contributed by atoms with Crippen LogP contribution in [0.4, 0.5) is 0 Å². The molecule has 0 heterocycles. The standard InChI is InChI=1S/C15H27N3O/c1-17-12-7-8-13(10-12)18-15(19)14(16)9-11-5-3-2-4-6-11/h5,12-14,17H,2-4,6-10,16H2,1H3,(H,18,19). The number of nitrogens with two attached hydrogens (primary N) is 1. The maximum absolute atomic E-state index is 12.1. The van der Waals surface area contributed by atoms with Gasteiger partial charge in [-0.1, -0.05) is 11.6 Å². The summed E-state index contributed by atoms with van der Waals surface area (Å²) in [5.74, 6) is 0.0215. The van der Waals surface area contributed by atoms with Crippen LogP contribution in [0.15, 0.2) is 11.6 Å². The largest absolute Gasteiger partial charge is 0.352 e. The summed E-state index contributed by atoms with van der Waals surface area (Å²) in [4.78, 5) is 12.1. The number of carbonyl (C=O) groups is 1. The molecule has 4 heteroatoms. The lowest BCUT2D eigenvalue weighted by Crippen LogP contribution is -2.45. The van der Waals surface area contributed by atoms with E-state index in [0.29, 0.717) is 12.1 Å². The molecule has 108 valence electrons. The van der Waals surface area contributed by atoms with Crippen LogP contribution in [0.5, 0.6) is 0 Å². The second-order valence-electron chi connectivity index (χ2n) is 5.92. The van der Waals surface area contributed by atoms with Gasteiger partial charge < -0.3 is 16.4 Å². The van der Waals surface area contributed by atoms with Gasteiger partial charge in [-0.15, -0.1) is 0 Å². The quantitative estimate of drug-likeness (QED) is 0.659. The molecule has 4 nitrogen and oxygen atoms in total. The summed E-state index contributed by atoms with van der Waals surface area (Å²) in [5, 5.41) is 6.37. The lowest BCUT2D eigenvalue weighted by atomic mass is 9.94. The lowest BCUT2D eigenvalue weighted by molar-refractivity contribution is -0.123.